The van der Waals surface area contributed by atoms with Gasteiger partial charge >= 0.3 is 0 Å². The molecule has 6 N–H and O–H groups in total. The van der Waals surface area contributed by atoms with Gasteiger partial charge in [-0.3, -0.25) is 0 Å². The molecule has 0 saturated carbocycles. The Morgan fingerprint density at radius 2 is 0.532 bits per heavy atom. The van der Waals surface area contributed by atoms with Gasteiger partial charge in [0.05, 0.1) is 34.1 Å². The maximum Gasteiger partial charge on any atom is 0.170 e. The van der Waals surface area contributed by atoms with Crippen molar-refractivity contribution in [3.63, 3.8) is 0 Å². The Labute approximate surface area is 480 Å². The zero-order chi connectivity index (χ0) is 54.6. The average Bonchev–Trinajstić information content (AvgIpc) is 3.46. The van der Waals surface area contributed by atoms with Crippen LogP contribution in [0.1, 0.15) is 98.3 Å². The van der Waals surface area contributed by atoms with E-state index < -0.39 is 0 Å². The monoisotopic (exact) mass is 1120 g/mol. The zero-order valence-corrected chi connectivity index (χ0v) is 50.8. The summed E-state index contributed by atoms with van der Waals surface area (Å²) in [5, 5.41) is 0. The predicted octanol–water partition coefficient (Wildman–Crippen LogP) is 14.4. The number of anilines is 9. The summed E-state index contributed by atoms with van der Waals surface area (Å²) in [5.41, 5.74) is 29.9. The van der Waals surface area contributed by atoms with Crippen molar-refractivity contribution in [2.75, 3.05) is 110 Å². The third kappa shape index (κ3) is 25.8. The summed E-state index contributed by atoms with van der Waals surface area (Å²) in [5.74, 6) is 4.67. The SMILES string of the molecule is CCCCCCCSSCCN(CCCC)c1ccc(NNc2cc[n+](C)cc2)cc1.CCCCN(CCSSCCN(CCCC)c1ccc(NNc2cc[n+](C)cc2)cc1)c1ccc(NNc2cc[n+](C)cc2)cc1. The van der Waals surface area contributed by atoms with Crippen molar-refractivity contribution in [3.8, 4) is 0 Å². The minimum atomic E-state index is 1.03. The van der Waals surface area contributed by atoms with E-state index >= 15 is 0 Å². The Kier molecular flexibility index (Phi) is 31.1. The normalized spacial score (nSPS) is 10.8. The molecule has 0 amide bonds. The summed E-state index contributed by atoms with van der Waals surface area (Å²) in [6.07, 6.45) is 26.3. The molecule has 77 heavy (non-hydrogen) atoms. The molecule has 0 atom stereocenters. The molecule has 3 aromatic heterocycles. The van der Waals surface area contributed by atoms with E-state index in [-0.39, 0.29) is 0 Å². The van der Waals surface area contributed by atoms with E-state index in [1.54, 1.807) is 0 Å². The van der Waals surface area contributed by atoms with Gasteiger partial charge in [0, 0.05) is 116 Å². The first-order valence-corrected chi connectivity index (χ1v) is 33.2. The lowest BCUT2D eigenvalue weighted by atomic mass is 10.2. The Hall–Kier alpha value is -5.29. The van der Waals surface area contributed by atoms with Crippen LogP contribution in [0.5, 0.6) is 0 Å². The molecule has 6 aromatic rings. The van der Waals surface area contributed by atoms with Crippen LogP contribution in [-0.4, -0.2) is 62.3 Å². The number of rotatable bonds is 38. The molecule has 0 bridgehead atoms. The van der Waals surface area contributed by atoms with Gasteiger partial charge in [0.25, 0.3) is 0 Å². The smallest absolute Gasteiger partial charge is 0.170 e. The van der Waals surface area contributed by atoms with Gasteiger partial charge in [-0.2, -0.15) is 0 Å². The summed E-state index contributed by atoms with van der Waals surface area (Å²) < 4.78 is 6.07. The molecule has 0 radical (unpaired) electrons. The van der Waals surface area contributed by atoms with E-state index in [4.69, 9.17) is 0 Å². The number of pyridine rings is 3. The van der Waals surface area contributed by atoms with Gasteiger partial charge in [0.1, 0.15) is 21.1 Å². The lowest BCUT2D eigenvalue weighted by molar-refractivity contribution is -0.671. The van der Waals surface area contributed by atoms with Crippen molar-refractivity contribution < 1.29 is 13.7 Å². The van der Waals surface area contributed by atoms with Gasteiger partial charge in [-0.25, -0.2) is 13.7 Å². The van der Waals surface area contributed by atoms with Crippen LogP contribution in [0.2, 0.25) is 0 Å². The second-order valence-electron chi connectivity index (χ2n) is 19.4. The van der Waals surface area contributed by atoms with E-state index in [0.29, 0.717) is 0 Å². The second-order valence-corrected chi connectivity index (χ2v) is 24.8. The fraction of sp³-hybridized carbons (Fsp3) is 0.459. The Bertz CT molecular complexity index is 2290. The molecule has 0 saturated heterocycles. The van der Waals surface area contributed by atoms with Gasteiger partial charge in [-0.1, -0.05) is 116 Å². The number of aryl methyl sites for hydroxylation is 3. The van der Waals surface area contributed by atoms with Crippen molar-refractivity contribution in [2.24, 2.45) is 21.1 Å². The molecule has 0 aliphatic heterocycles. The molecule has 6 rings (SSSR count). The number of aromatic nitrogens is 3. The number of unbranched alkanes of at least 4 members (excludes halogenated alkanes) is 7. The maximum atomic E-state index is 3.31. The van der Waals surface area contributed by atoms with Crippen LogP contribution in [0, 0.1) is 0 Å². The number of hydrazine groups is 3. The highest BCUT2D eigenvalue weighted by Crippen LogP contribution is 2.28. The van der Waals surface area contributed by atoms with Gasteiger partial charge in [-0.05, 0) is 98.5 Å². The molecule has 0 unspecified atom stereocenters. The molecular weight excluding hydrogens is 1030 g/mol. The summed E-state index contributed by atoms with van der Waals surface area (Å²) in [7, 11) is 14.1. The Morgan fingerprint density at radius 1 is 0.286 bits per heavy atom. The molecule has 418 valence electrons. The van der Waals surface area contributed by atoms with Crippen LogP contribution in [0.25, 0.3) is 0 Å². The van der Waals surface area contributed by atoms with Crippen molar-refractivity contribution in [2.45, 2.75) is 98.3 Å². The highest BCUT2D eigenvalue weighted by Gasteiger charge is 2.11. The van der Waals surface area contributed by atoms with Crippen molar-refractivity contribution in [1.82, 2.24) is 0 Å². The number of hydrogen-bond acceptors (Lipinski definition) is 13. The molecule has 0 spiro atoms. The summed E-state index contributed by atoms with van der Waals surface area (Å²) >= 11 is 0. The minimum Gasteiger partial charge on any atom is -0.371 e. The first-order valence-electron chi connectivity index (χ1n) is 28.2. The molecule has 0 aliphatic rings. The predicted molar refractivity (Wildman–Crippen MR) is 344 cm³/mol. The molecule has 0 fully saturated rings. The highest BCUT2D eigenvalue weighted by molar-refractivity contribution is 8.77. The van der Waals surface area contributed by atoms with Gasteiger partial charge < -0.3 is 47.3 Å². The third-order valence-corrected chi connectivity index (χ3v) is 17.7. The average molecular weight is 1120 g/mol. The summed E-state index contributed by atoms with van der Waals surface area (Å²) in [6.45, 7) is 15.6. The van der Waals surface area contributed by atoms with Gasteiger partial charge in [0.2, 0.25) is 0 Å². The van der Waals surface area contributed by atoms with E-state index in [9.17, 15) is 0 Å². The van der Waals surface area contributed by atoms with Crippen LogP contribution in [-0.2, 0) is 21.1 Å². The standard InChI is InChI=1S/C36H50N8S2.C25H40N4S2/c1-5-7-21-43(35-13-9-31(10-14-35)37-39-33-17-23-41(3)24-18-33)27-29-45-46-30-28-44(22-8-6-2)36-15-11-32(12-16-36)38-40-34-19-25-42(4)26-20-34;1-4-6-8-9-10-21-30-31-22-20-29(17-7-5-2)25-13-11-23(12-14-25)26-27-24-15-18-28(3)19-16-24/h9-20,23-26,37-38H,5-8,21-22,27-30H2,1-4H3;11-16,18-19,26H,4-10,17,20-22H2,1-3H3/p+3. The maximum absolute atomic E-state index is 3.31. The summed E-state index contributed by atoms with van der Waals surface area (Å²) in [6, 6.07) is 38.6. The van der Waals surface area contributed by atoms with Crippen LogP contribution in [0.15, 0.2) is 146 Å². The van der Waals surface area contributed by atoms with Crippen molar-refractivity contribution in [3.05, 3.63) is 146 Å². The molecule has 16 heteroatoms. The number of benzene rings is 3. The van der Waals surface area contributed by atoms with E-state index in [0.717, 1.165) is 84.9 Å². The van der Waals surface area contributed by atoms with E-state index in [1.807, 2.05) is 129 Å². The fourth-order valence-corrected chi connectivity index (χ4v) is 12.2. The lowest BCUT2D eigenvalue weighted by Crippen LogP contribution is -2.27. The molecule has 3 heterocycles. The first-order chi connectivity index (χ1) is 37.8. The van der Waals surface area contributed by atoms with Gasteiger partial charge in [-0.15, -0.1) is 0 Å². The van der Waals surface area contributed by atoms with Gasteiger partial charge in [0.15, 0.2) is 37.2 Å². The number of nitrogens with zero attached hydrogens (tertiary/aromatic N) is 6. The van der Waals surface area contributed by atoms with Crippen molar-refractivity contribution in [1.29, 1.82) is 0 Å². The van der Waals surface area contributed by atoms with Crippen LogP contribution >= 0.6 is 43.2 Å². The molecule has 3 aromatic carbocycles. The Balaban J connectivity index is 0.000000307. The van der Waals surface area contributed by atoms with Crippen molar-refractivity contribution >= 4 is 94.4 Å². The zero-order valence-electron chi connectivity index (χ0n) is 47.5. The second kappa shape index (κ2) is 38.3. The molecule has 0 aliphatic carbocycles. The molecule has 12 nitrogen and oxygen atoms in total. The van der Waals surface area contributed by atoms with E-state index in [1.165, 1.54) is 99.2 Å². The fourth-order valence-electron chi connectivity index (χ4n) is 8.05. The minimum absolute atomic E-state index is 1.03. The van der Waals surface area contributed by atoms with E-state index in [2.05, 4.69) is 171 Å². The van der Waals surface area contributed by atoms with Crippen LogP contribution in [0.4, 0.5) is 51.2 Å². The highest BCUT2D eigenvalue weighted by atomic mass is 33.1. The van der Waals surface area contributed by atoms with Crippen LogP contribution < -0.4 is 61.0 Å². The largest absolute Gasteiger partial charge is 0.371 e. The topological polar surface area (TPSA) is 93.5 Å². The quantitative estimate of drug-likeness (QED) is 0.00963. The Morgan fingerprint density at radius 3 is 0.805 bits per heavy atom. The van der Waals surface area contributed by atoms with Crippen LogP contribution in [0.3, 0.4) is 0 Å². The summed E-state index contributed by atoms with van der Waals surface area (Å²) in [4.78, 5) is 7.59. The first kappa shape index (κ1) is 62.6. The molecular formula is C61H93N12S4+3. The third-order valence-electron chi connectivity index (χ3n) is 12.9. The number of hydrogen-bond donors (Lipinski definition) is 6. The lowest BCUT2D eigenvalue weighted by Gasteiger charge is -2.26. The number of nitrogens with one attached hydrogen (secondary N) is 6.